The molecule has 8 heteroatoms. The lowest BCUT2D eigenvalue weighted by Crippen LogP contribution is -2.24. The average molecular weight is 359 g/mol. The summed E-state index contributed by atoms with van der Waals surface area (Å²) in [7, 11) is 0. The Morgan fingerprint density at radius 2 is 1.72 bits per heavy atom. The maximum absolute atomic E-state index is 12.6. The second-order valence-electron chi connectivity index (χ2n) is 5.17. The van der Waals surface area contributed by atoms with Crippen LogP contribution in [0.2, 0.25) is 0 Å². The molecule has 3 nitrogen and oxygen atoms in total. The van der Waals surface area contributed by atoms with Crippen molar-refractivity contribution in [2.24, 2.45) is 0 Å². The lowest BCUT2D eigenvalue weighted by atomic mass is 10.1. The van der Waals surface area contributed by atoms with Crippen molar-refractivity contribution < 1.29 is 31.5 Å². The summed E-state index contributed by atoms with van der Waals surface area (Å²) in [5.74, 6) is -0.428. The van der Waals surface area contributed by atoms with Gasteiger partial charge in [-0.05, 0) is 35.4 Å². The highest BCUT2D eigenvalue weighted by Gasteiger charge is 2.30. The van der Waals surface area contributed by atoms with Crippen LogP contribution in [-0.2, 0) is 23.9 Å². The minimum atomic E-state index is -4.44. The Labute approximate surface area is 140 Å². The fourth-order valence-electron chi connectivity index (χ4n) is 2.09. The van der Waals surface area contributed by atoms with Crippen molar-refractivity contribution in [2.75, 3.05) is 0 Å². The predicted octanol–water partition coefficient (Wildman–Crippen LogP) is 4.17. The van der Waals surface area contributed by atoms with Gasteiger partial charge < -0.3 is 10.1 Å². The molecule has 0 unspecified atom stereocenters. The first-order valence-corrected chi connectivity index (χ1v) is 7.20. The summed E-state index contributed by atoms with van der Waals surface area (Å²) in [6.45, 7) is -2.98. The molecule has 2 aromatic carbocycles. The zero-order valence-electron chi connectivity index (χ0n) is 12.8. The van der Waals surface area contributed by atoms with Gasteiger partial charge in [0.25, 0.3) is 0 Å². The minimum absolute atomic E-state index is 0.0249. The van der Waals surface area contributed by atoms with Crippen molar-refractivity contribution in [3.8, 4) is 5.75 Å². The van der Waals surface area contributed by atoms with Gasteiger partial charge in [-0.25, -0.2) is 0 Å². The van der Waals surface area contributed by atoms with E-state index in [0.717, 1.165) is 12.1 Å². The summed E-state index contributed by atoms with van der Waals surface area (Å²) < 4.78 is 66.1. The largest absolute Gasteiger partial charge is 0.435 e. The van der Waals surface area contributed by atoms with E-state index in [1.54, 1.807) is 0 Å². The van der Waals surface area contributed by atoms with Crippen molar-refractivity contribution in [1.29, 1.82) is 0 Å². The molecule has 0 aliphatic heterocycles. The van der Waals surface area contributed by atoms with Gasteiger partial charge in [0.05, 0.1) is 12.0 Å². The van der Waals surface area contributed by atoms with Gasteiger partial charge in [-0.2, -0.15) is 22.0 Å². The lowest BCUT2D eigenvalue weighted by Gasteiger charge is -2.10. The van der Waals surface area contributed by atoms with Gasteiger partial charge in [0.2, 0.25) is 5.91 Å². The zero-order chi connectivity index (χ0) is 18.4. The number of benzene rings is 2. The van der Waals surface area contributed by atoms with E-state index in [-0.39, 0.29) is 18.7 Å². The summed E-state index contributed by atoms with van der Waals surface area (Å²) in [4.78, 5) is 11.8. The van der Waals surface area contributed by atoms with Crippen LogP contribution in [0.3, 0.4) is 0 Å². The molecule has 0 radical (unpaired) electrons. The molecule has 134 valence electrons. The third-order valence-electron chi connectivity index (χ3n) is 3.26. The fraction of sp³-hybridized carbons (Fsp3) is 0.235. The maximum Gasteiger partial charge on any atom is 0.416 e. The van der Waals surface area contributed by atoms with Gasteiger partial charge in [-0.1, -0.05) is 24.3 Å². The Bertz CT molecular complexity index is 714. The van der Waals surface area contributed by atoms with Gasteiger partial charge in [-0.15, -0.1) is 0 Å². The maximum atomic E-state index is 12.6. The van der Waals surface area contributed by atoms with Gasteiger partial charge in [0, 0.05) is 6.54 Å². The second kappa shape index (κ2) is 7.96. The molecule has 2 aromatic rings. The average Bonchev–Trinajstić information content (AvgIpc) is 2.54. The smallest absolute Gasteiger partial charge is 0.416 e. The predicted molar refractivity (Wildman–Crippen MR) is 80.1 cm³/mol. The van der Waals surface area contributed by atoms with Crippen LogP contribution >= 0.6 is 0 Å². The van der Waals surface area contributed by atoms with Crippen molar-refractivity contribution in [1.82, 2.24) is 5.32 Å². The quantitative estimate of drug-likeness (QED) is 0.787. The molecule has 1 N–H and O–H groups in total. The molecule has 2 rings (SSSR count). The standard InChI is InChI=1S/C17H14F5NO2/c18-16(19)25-14-6-4-11(5-7-14)9-15(24)23-10-12-2-1-3-13(8-12)17(20,21)22/h1-8,16H,9-10H2,(H,23,24). The van der Waals surface area contributed by atoms with Crippen LogP contribution in [0.1, 0.15) is 16.7 Å². The molecule has 0 heterocycles. The molecule has 0 saturated heterocycles. The van der Waals surface area contributed by atoms with E-state index in [9.17, 15) is 26.7 Å². The van der Waals surface area contributed by atoms with E-state index in [2.05, 4.69) is 10.1 Å². The molecule has 0 aliphatic rings. The van der Waals surface area contributed by atoms with Crippen LogP contribution in [0.4, 0.5) is 22.0 Å². The summed E-state index contributed by atoms with van der Waals surface area (Å²) in [5, 5.41) is 2.52. The number of hydrogen-bond acceptors (Lipinski definition) is 2. The number of alkyl halides is 5. The number of amides is 1. The minimum Gasteiger partial charge on any atom is -0.435 e. The third-order valence-corrected chi connectivity index (χ3v) is 3.26. The number of hydrogen-bond donors (Lipinski definition) is 1. The van der Waals surface area contributed by atoms with Gasteiger partial charge in [0.15, 0.2) is 0 Å². The number of rotatable bonds is 6. The van der Waals surface area contributed by atoms with Crippen LogP contribution in [0, 0.1) is 0 Å². The molecule has 0 aliphatic carbocycles. The Balaban J connectivity index is 1.88. The highest BCUT2D eigenvalue weighted by Crippen LogP contribution is 2.29. The van der Waals surface area contributed by atoms with Crippen molar-refractivity contribution in [3.63, 3.8) is 0 Å². The van der Waals surface area contributed by atoms with E-state index in [1.165, 1.54) is 36.4 Å². The molecule has 0 spiro atoms. The van der Waals surface area contributed by atoms with Gasteiger partial charge in [-0.3, -0.25) is 4.79 Å². The number of nitrogens with one attached hydrogen (secondary N) is 1. The van der Waals surface area contributed by atoms with E-state index in [0.29, 0.717) is 11.1 Å². The van der Waals surface area contributed by atoms with E-state index in [4.69, 9.17) is 0 Å². The van der Waals surface area contributed by atoms with Crippen molar-refractivity contribution >= 4 is 5.91 Å². The third kappa shape index (κ3) is 6.06. The van der Waals surface area contributed by atoms with Gasteiger partial charge in [0.1, 0.15) is 5.75 Å². The van der Waals surface area contributed by atoms with Crippen molar-refractivity contribution in [2.45, 2.75) is 25.8 Å². The molecule has 1 amide bonds. The number of ether oxygens (including phenoxy) is 1. The Morgan fingerprint density at radius 3 is 2.32 bits per heavy atom. The second-order valence-corrected chi connectivity index (χ2v) is 5.17. The van der Waals surface area contributed by atoms with E-state index < -0.39 is 24.3 Å². The van der Waals surface area contributed by atoms with E-state index >= 15 is 0 Å². The highest BCUT2D eigenvalue weighted by atomic mass is 19.4. The summed E-state index contributed by atoms with van der Waals surface area (Å²) in [6.07, 6.45) is -4.48. The van der Waals surface area contributed by atoms with Crippen LogP contribution in [0.15, 0.2) is 48.5 Å². The summed E-state index contributed by atoms with van der Waals surface area (Å²) >= 11 is 0. The lowest BCUT2D eigenvalue weighted by molar-refractivity contribution is -0.137. The Kier molecular flexibility index (Phi) is 5.95. The first-order valence-electron chi connectivity index (χ1n) is 7.20. The molecule has 0 atom stereocenters. The monoisotopic (exact) mass is 359 g/mol. The van der Waals surface area contributed by atoms with Crippen LogP contribution in [0.5, 0.6) is 5.75 Å². The van der Waals surface area contributed by atoms with Crippen LogP contribution in [0.25, 0.3) is 0 Å². The highest BCUT2D eigenvalue weighted by molar-refractivity contribution is 5.78. The Hall–Kier alpha value is -2.64. The summed E-state index contributed by atoms with van der Waals surface area (Å²) in [6, 6.07) is 10.2. The van der Waals surface area contributed by atoms with E-state index in [1.807, 2.05) is 0 Å². The van der Waals surface area contributed by atoms with Gasteiger partial charge >= 0.3 is 12.8 Å². The first-order chi connectivity index (χ1) is 11.7. The van der Waals surface area contributed by atoms with Crippen molar-refractivity contribution in [3.05, 3.63) is 65.2 Å². The summed E-state index contributed by atoms with van der Waals surface area (Å²) in [5.41, 5.74) is 0.0980. The topological polar surface area (TPSA) is 38.3 Å². The number of carbonyl (C=O) groups excluding carboxylic acids is 1. The number of halogens is 5. The molecule has 25 heavy (non-hydrogen) atoms. The normalized spacial score (nSPS) is 11.4. The molecule has 0 bridgehead atoms. The molecule has 0 fully saturated rings. The van der Waals surface area contributed by atoms with Crippen LogP contribution in [-0.4, -0.2) is 12.5 Å². The van der Waals surface area contributed by atoms with Crippen LogP contribution < -0.4 is 10.1 Å². The fourth-order valence-corrected chi connectivity index (χ4v) is 2.09. The molecule has 0 aromatic heterocycles. The molecular formula is C17H14F5NO2. The first kappa shape index (κ1) is 18.7. The SMILES string of the molecule is O=C(Cc1ccc(OC(F)F)cc1)NCc1cccc(C(F)(F)F)c1. The molecular weight excluding hydrogens is 345 g/mol. The number of carbonyl (C=O) groups is 1. The zero-order valence-corrected chi connectivity index (χ0v) is 12.8. The molecule has 0 saturated carbocycles. The Morgan fingerprint density at radius 1 is 1.04 bits per heavy atom.